The quantitative estimate of drug-likeness (QED) is 0.635. The molecule has 3 fully saturated rings. The van der Waals surface area contributed by atoms with Crippen molar-refractivity contribution in [2.24, 2.45) is 0 Å². The highest BCUT2D eigenvalue weighted by molar-refractivity contribution is 5.83. The van der Waals surface area contributed by atoms with Crippen LogP contribution in [0.15, 0.2) is 24.3 Å². The van der Waals surface area contributed by atoms with E-state index in [1.165, 1.54) is 11.3 Å². The Kier molecular flexibility index (Phi) is 7.33. The Balaban J connectivity index is 1.27. The average molecular weight is 443 g/mol. The van der Waals surface area contributed by atoms with Crippen molar-refractivity contribution in [2.75, 3.05) is 65.3 Å². The fourth-order valence-electron chi connectivity index (χ4n) is 5.07. The molecule has 0 saturated carbocycles. The molecule has 0 unspecified atom stereocenters. The van der Waals surface area contributed by atoms with Crippen LogP contribution in [0.1, 0.15) is 24.8 Å². The number of fused-ring (bicyclic) bond motifs is 1. The van der Waals surface area contributed by atoms with E-state index in [4.69, 9.17) is 0 Å². The van der Waals surface area contributed by atoms with Crippen LogP contribution in [-0.2, 0) is 16.1 Å². The third-order valence-corrected chi connectivity index (χ3v) is 7.22. The summed E-state index contributed by atoms with van der Waals surface area (Å²) in [6, 6.07) is 9.02. The number of nitrogens with one attached hydrogen (secondary N) is 2. The zero-order valence-corrected chi connectivity index (χ0v) is 19.7. The minimum Gasteiger partial charge on any atom is -0.378 e. The summed E-state index contributed by atoms with van der Waals surface area (Å²) < 4.78 is 0. The predicted molar refractivity (Wildman–Crippen MR) is 127 cm³/mol. The Morgan fingerprint density at radius 1 is 1.16 bits per heavy atom. The molecule has 2 N–H and O–H groups in total. The monoisotopic (exact) mass is 442 g/mol. The summed E-state index contributed by atoms with van der Waals surface area (Å²) in [6.45, 7) is 5.85. The molecule has 176 valence electrons. The highest BCUT2D eigenvalue weighted by atomic mass is 16.2. The molecule has 4 rings (SSSR count). The first-order valence-corrected chi connectivity index (χ1v) is 11.9. The van der Waals surface area contributed by atoms with Gasteiger partial charge in [0.05, 0.1) is 6.04 Å². The van der Waals surface area contributed by atoms with Crippen molar-refractivity contribution in [3.8, 4) is 0 Å². The number of benzene rings is 1. The topological polar surface area (TPSA) is 71.2 Å². The normalized spacial score (nSPS) is 26.7. The van der Waals surface area contributed by atoms with Gasteiger partial charge in [0.15, 0.2) is 0 Å². The number of carbonyl (C=O) groups excluding carboxylic acids is 2. The van der Waals surface area contributed by atoms with Gasteiger partial charge >= 0.3 is 0 Å². The van der Waals surface area contributed by atoms with Crippen LogP contribution < -0.4 is 15.5 Å². The SMILES string of the molecule is CN1CCN(C(=O)CC[C@@H]2CNC(=O)[C@@H]3C[C@H](NCc4ccc(N(C)C)cc4)CN23)CC1. The van der Waals surface area contributed by atoms with Crippen molar-refractivity contribution in [3.63, 3.8) is 0 Å². The fraction of sp³-hybridized carbons (Fsp3) is 0.667. The van der Waals surface area contributed by atoms with Gasteiger partial charge in [0.1, 0.15) is 0 Å². The number of anilines is 1. The third-order valence-electron chi connectivity index (χ3n) is 7.22. The van der Waals surface area contributed by atoms with Crippen LogP contribution >= 0.6 is 0 Å². The number of nitrogens with zero attached hydrogens (tertiary/aromatic N) is 4. The second-order valence-corrected chi connectivity index (χ2v) is 9.71. The second-order valence-electron chi connectivity index (χ2n) is 9.71. The van der Waals surface area contributed by atoms with Crippen LogP contribution in [0.3, 0.4) is 0 Å². The highest BCUT2D eigenvalue weighted by Crippen LogP contribution is 2.26. The van der Waals surface area contributed by atoms with Crippen molar-refractivity contribution >= 4 is 17.5 Å². The number of carbonyl (C=O) groups is 2. The fourth-order valence-corrected chi connectivity index (χ4v) is 5.07. The first-order chi connectivity index (χ1) is 15.4. The van der Waals surface area contributed by atoms with Crippen LogP contribution in [0.4, 0.5) is 5.69 Å². The molecular weight excluding hydrogens is 404 g/mol. The number of hydrogen-bond donors (Lipinski definition) is 2. The molecule has 32 heavy (non-hydrogen) atoms. The zero-order chi connectivity index (χ0) is 22.7. The number of hydrogen-bond acceptors (Lipinski definition) is 6. The lowest BCUT2D eigenvalue weighted by atomic mass is 10.0. The summed E-state index contributed by atoms with van der Waals surface area (Å²) in [5, 5.41) is 6.73. The van der Waals surface area contributed by atoms with Gasteiger partial charge < -0.3 is 25.3 Å². The van der Waals surface area contributed by atoms with Crippen LogP contribution in [0.25, 0.3) is 0 Å². The summed E-state index contributed by atoms with van der Waals surface area (Å²) in [5.74, 6) is 0.382. The van der Waals surface area contributed by atoms with Crippen molar-refractivity contribution in [1.29, 1.82) is 0 Å². The maximum atomic E-state index is 12.7. The molecule has 3 atom stereocenters. The minimum absolute atomic E-state index is 0.0823. The van der Waals surface area contributed by atoms with Gasteiger partial charge in [-0.2, -0.15) is 0 Å². The van der Waals surface area contributed by atoms with E-state index >= 15 is 0 Å². The largest absolute Gasteiger partial charge is 0.378 e. The van der Waals surface area contributed by atoms with E-state index in [1.54, 1.807) is 0 Å². The Morgan fingerprint density at radius 2 is 1.88 bits per heavy atom. The lowest BCUT2D eigenvalue weighted by molar-refractivity contribution is -0.133. The van der Waals surface area contributed by atoms with E-state index in [9.17, 15) is 9.59 Å². The summed E-state index contributed by atoms with van der Waals surface area (Å²) in [5.41, 5.74) is 2.44. The predicted octanol–water partition coefficient (Wildman–Crippen LogP) is 0.338. The summed E-state index contributed by atoms with van der Waals surface area (Å²) >= 11 is 0. The van der Waals surface area contributed by atoms with Crippen LogP contribution in [0, 0.1) is 0 Å². The first kappa shape index (κ1) is 23.0. The van der Waals surface area contributed by atoms with Crippen molar-refractivity contribution in [1.82, 2.24) is 25.3 Å². The summed E-state index contributed by atoms with van der Waals surface area (Å²) in [4.78, 5) is 33.9. The Morgan fingerprint density at radius 3 is 2.56 bits per heavy atom. The number of rotatable bonds is 7. The maximum absolute atomic E-state index is 12.7. The van der Waals surface area contributed by atoms with E-state index in [0.717, 1.165) is 52.1 Å². The minimum atomic E-state index is -0.0823. The lowest BCUT2D eigenvalue weighted by Crippen LogP contribution is -2.58. The van der Waals surface area contributed by atoms with Crippen LogP contribution in [0.2, 0.25) is 0 Å². The molecule has 2 amide bonds. The summed E-state index contributed by atoms with van der Waals surface area (Å²) in [6.07, 6.45) is 2.19. The molecule has 0 bridgehead atoms. The Labute approximate surface area is 191 Å². The number of amides is 2. The van der Waals surface area contributed by atoms with Gasteiger partial charge in [0.25, 0.3) is 0 Å². The lowest BCUT2D eigenvalue weighted by Gasteiger charge is -2.38. The van der Waals surface area contributed by atoms with E-state index in [-0.39, 0.29) is 29.9 Å². The van der Waals surface area contributed by atoms with E-state index in [2.05, 4.69) is 56.6 Å². The van der Waals surface area contributed by atoms with E-state index in [1.807, 2.05) is 19.0 Å². The molecule has 0 aromatic heterocycles. The standard InChI is InChI=1S/C24H38N6O2/c1-27(2)20-6-4-18(5-7-20)15-25-19-14-22-24(32)26-16-21(30(22)17-19)8-9-23(31)29-12-10-28(3)11-13-29/h4-7,19,21-22,25H,8-17H2,1-3H3,(H,26,32)/t19-,21+,22-/m0/s1. The molecule has 3 aliphatic heterocycles. The van der Waals surface area contributed by atoms with Crippen LogP contribution in [-0.4, -0.2) is 105 Å². The smallest absolute Gasteiger partial charge is 0.237 e. The second kappa shape index (κ2) is 10.2. The molecule has 3 saturated heterocycles. The van der Waals surface area contributed by atoms with Gasteiger partial charge in [-0.15, -0.1) is 0 Å². The van der Waals surface area contributed by atoms with Gasteiger partial charge in [-0.05, 0) is 37.6 Å². The molecule has 1 aromatic rings. The molecule has 8 heteroatoms. The van der Waals surface area contributed by atoms with Crippen molar-refractivity contribution in [3.05, 3.63) is 29.8 Å². The molecule has 3 heterocycles. The zero-order valence-electron chi connectivity index (χ0n) is 19.7. The molecule has 0 spiro atoms. The van der Waals surface area contributed by atoms with Gasteiger partial charge in [-0.25, -0.2) is 0 Å². The van der Waals surface area contributed by atoms with Crippen molar-refractivity contribution < 1.29 is 9.59 Å². The van der Waals surface area contributed by atoms with Gasteiger partial charge in [0, 0.05) is 84.1 Å². The maximum Gasteiger partial charge on any atom is 0.237 e. The Hall–Kier alpha value is -2.16. The molecule has 1 aromatic carbocycles. The highest BCUT2D eigenvalue weighted by Gasteiger charge is 2.43. The van der Waals surface area contributed by atoms with Gasteiger partial charge in [-0.1, -0.05) is 12.1 Å². The van der Waals surface area contributed by atoms with E-state index < -0.39 is 0 Å². The van der Waals surface area contributed by atoms with Crippen LogP contribution in [0.5, 0.6) is 0 Å². The average Bonchev–Trinajstić information content (AvgIpc) is 3.23. The summed E-state index contributed by atoms with van der Waals surface area (Å²) in [7, 11) is 6.19. The first-order valence-electron chi connectivity index (χ1n) is 11.9. The molecule has 0 radical (unpaired) electrons. The van der Waals surface area contributed by atoms with Gasteiger partial charge in [-0.3, -0.25) is 14.5 Å². The molecule has 0 aliphatic carbocycles. The third kappa shape index (κ3) is 5.42. The molecule has 8 nitrogen and oxygen atoms in total. The van der Waals surface area contributed by atoms with E-state index in [0.29, 0.717) is 13.0 Å². The number of piperazine rings is 2. The molecular formula is C24H38N6O2. The Bertz CT molecular complexity index is 790. The van der Waals surface area contributed by atoms with Crippen molar-refractivity contribution in [2.45, 2.75) is 43.9 Å². The molecule has 3 aliphatic rings. The van der Waals surface area contributed by atoms with Gasteiger partial charge in [0.2, 0.25) is 11.8 Å². The number of likely N-dealkylation sites (N-methyl/N-ethyl adjacent to an activating group) is 1.